The maximum Gasteiger partial charge on any atom is 0.416 e. The molecule has 1 aromatic carbocycles. The van der Waals surface area contributed by atoms with E-state index in [1.165, 1.54) is 29.1 Å². The quantitative estimate of drug-likeness (QED) is 0.551. The van der Waals surface area contributed by atoms with Crippen LogP contribution in [0.4, 0.5) is 32.0 Å². The van der Waals surface area contributed by atoms with Crippen LogP contribution in [0.15, 0.2) is 35.3 Å². The van der Waals surface area contributed by atoms with Gasteiger partial charge in [0, 0.05) is 30.8 Å². The molecule has 0 atom stereocenters. The predicted molar refractivity (Wildman–Crippen MR) is 107 cm³/mol. The van der Waals surface area contributed by atoms with E-state index in [0.29, 0.717) is 5.69 Å². The normalized spacial score (nSPS) is 14.5. The maximum absolute atomic E-state index is 13.4. The van der Waals surface area contributed by atoms with Crippen molar-refractivity contribution in [3.8, 4) is 0 Å². The van der Waals surface area contributed by atoms with E-state index in [1.54, 1.807) is 4.90 Å². The number of nitrogens with zero attached hydrogens (tertiary/aromatic N) is 4. The van der Waals surface area contributed by atoms with Gasteiger partial charge in [0.25, 0.3) is 5.56 Å². The van der Waals surface area contributed by atoms with E-state index < -0.39 is 29.9 Å². The lowest BCUT2D eigenvalue weighted by atomic mass is 10.0. The van der Waals surface area contributed by atoms with Gasteiger partial charge >= 0.3 is 12.4 Å². The van der Waals surface area contributed by atoms with Crippen molar-refractivity contribution in [3.05, 3.63) is 73.9 Å². The van der Waals surface area contributed by atoms with E-state index in [1.807, 2.05) is 0 Å². The second-order valence-corrected chi connectivity index (χ2v) is 7.92. The average Bonchev–Trinajstić information content (AvgIpc) is 3.04. The first kappa shape index (κ1) is 23.1. The number of anilines is 1. The van der Waals surface area contributed by atoms with Crippen LogP contribution in [0.25, 0.3) is 0 Å². The van der Waals surface area contributed by atoms with Gasteiger partial charge in [-0.25, -0.2) is 5.10 Å². The van der Waals surface area contributed by atoms with E-state index in [-0.39, 0.29) is 53.6 Å². The average molecular weight is 492 g/mol. The van der Waals surface area contributed by atoms with Gasteiger partial charge in [0.05, 0.1) is 36.1 Å². The minimum Gasteiger partial charge on any atom is -0.364 e. The number of fused-ring (bicyclic) bond motifs is 1. The van der Waals surface area contributed by atoms with Crippen molar-refractivity contribution in [1.29, 1.82) is 0 Å². The third-order valence-corrected chi connectivity index (χ3v) is 5.71. The fraction of sp³-hybridized carbons (Fsp3) is 0.350. The Morgan fingerprint density at radius 1 is 1.12 bits per heavy atom. The van der Waals surface area contributed by atoms with Crippen LogP contribution in [0.2, 0.25) is 5.02 Å². The van der Waals surface area contributed by atoms with Gasteiger partial charge in [0.2, 0.25) is 0 Å². The van der Waals surface area contributed by atoms with Crippen LogP contribution < -0.4 is 10.5 Å². The summed E-state index contributed by atoms with van der Waals surface area (Å²) in [5.74, 6) is 0. The summed E-state index contributed by atoms with van der Waals surface area (Å²) < 4.78 is 81.0. The third kappa shape index (κ3) is 4.85. The molecule has 0 spiro atoms. The summed E-state index contributed by atoms with van der Waals surface area (Å²) in [6.07, 6.45) is -9.03. The van der Waals surface area contributed by atoms with Gasteiger partial charge in [-0.05, 0) is 11.6 Å². The van der Waals surface area contributed by atoms with Crippen LogP contribution >= 0.6 is 11.6 Å². The topological polar surface area (TPSA) is 66.8 Å². The molecule has 0 amide bonds. The fourth-order valence-corrected chi connectivity index (χ4v) is 4.13. The van der Waals surface area contributed by atoms with Crippen molar-refractivity contribution < 1.29 is 26.3 Å². The highest BCUT2D eigenvalue weighted by Crippen LogP contribution is 2.35. The summed E-state index contributed by atoms with van der Waals surface area (Å²) in [4.78, 5) is 13.4. The molecule has 1 aliphatic rings. The van der Waals surface area contributed by atoms with Gasteiger partial charge in [0.1, 0.15) is 5.02 Å². The molecule has 13 heteroatoms. The molecule has 0 bridgehead atoms. The van der Waals surface area contributed by atoms with Gasteiger partial charge in [-0.15, -0.1) is 0 Å². The van der Waals surface area contributed by atoms with Crippen LogP contribution in [0.1, 0.15) is 28.1 Å². The number of aromatic amines is 1. The van der Waals surface area contributed by atoms with Crippen molar-refractivity contribution >= 4 is 17.3 Å². The Hall–Kier alpha value is -3.02. The van der Waals surface area contributed by atoms with Crippen LogP contribution in [-0.4, -0.2) is 32.7 Å². The largest absolute Gasteiger partial charge is 0.416 e. The highest BCUT2D eigenvalue weighted by molar-refractivity contribution is 6.33. The molecule has 0 saturated heterocycles. The molecule has 176 valence electrons. The maximum atomic E-state index is 13.4. The van der Waals surface area contributed by atoms with E-state index in [9.17, 15) is 31.1 Å². The predicted octanol–water partition coefficient (Wildman–Crippen LogP) is 4.35. The minimum absolute atomic E-state index is 0.0491. The molecule has 2 aromatic heterocycles. The smallest absolute Gasteiger partial charge is 0.364 e. The van der Waals surface area contributed by atoms with E-state index in [4.69, 9.17) is 11.6 Å². The molecule has 0 radical (unpaired) electrons. The number of nitrogens with one attached hydrogen (secondary N) is 1. The number of hydrogen-bond donors (Lipinski definition) is 1. The Balaban J connectivity index is 1.74. The molecule has 1 N–H and O–H groups in total. The molecule has 1 aliphatic heterocycles. The van der Waals surface area contributed by atoms with Crippen LogP contribution in [0.5, 0.6) is 0 Å². The highest BCUT2D eigenvalue weighted by Gasteiger charge is 2.36. The van der Waals surface area contributed by atoms with Crippen LogP contribution in [0.3, 0.4) is 0 Å². The molecule has 6 nitrogen and oxygen atoms in total. The van der Waals surface area contributed by atoms with Gasteiger partial charge < -0.3 is 4.90 Å². The number of hydrogen-bond acceptors (Lipinski definition) is 4. The van der Waals surface area contributed by atoms with Crippen LogP contribution in [0, 0.1) is 0 Å². The number of alkyl halides is 6. The monoisotopic (exact) mass is 491 g/mol. The summed E-state index contributed by atoms with van der Waals surface area (Å²) in [7, 11) is 0. The zero-order valence-electron chi connectivity index (χ0n) is 16.8. The molecule has 0 fully saturated rings. The van der Waals surface area contributed by atoms with Crippen molar-refractivity contribution in [2.24, 2.45) is 0 Å². The number of aromatic nitrogens is 4. The zero-order chi connectivity index (χ0) is 24.0. The SMILES string of the molecule is O=c1[nH]ncc(N2CCc3c(c(CC(F)(F)F)nn3Cc3ccccc3C(F)(F)F)C2)c1Cl. The number of rotatable bonds is 4. The van der Waals surface area contributed by atoms with Gasteiger partial charge in [-0.1, -0.05) is 29.8 Å². The standard InChI is InChI=1S/C20H16ClF6N5O/c21-17-16(8-28-29-18(17)33)31-6-5-15-12(10-31)14(7-19(22,23)24)30-32(15)9-11-3-1-2-4-13(11)20(25,26)27/h1-4,8H,5-7,9-10H2,(H,29,33). The summed E-state index contributed by atoms with van der Waals surface area (Å²) in [5, 5.41) is 9.74. The van der Waals surface area contributed by atoms with Crippen molar-refractivity contribution in [3.63, 3.8) is 0 Å². The molecule has 4 rings (SSSR count). The third-order valence-electron chi connectivity index (χ3n) is 5.35. The lowest BCUT2D eigenvalue weighted by molar-refractivity contribution is -0.138. The second-order valence-electron chi connectivity index (χ2n) is 7.55. The molecular formula is C20H16ClF6N5O. The van der Waals surface area contributed by atoms with Gasteiger partial charge in [-0.3, -0.25) is 9.48 Å². The van der Waals surface area contributed by atoms with E-state index >= 15 is 0 Å². The lowest BCUT2D eigenvalue weighted by Crippen LogP contribution is -2.33. The highest BCUT2D eigenvalue weighted by atomic mass is 35.5. The van der Waals surface area contributed by atoms with Crippen LogP contribution in [-0.2, 0) is 32.1 Å². The Labute approximate surface area is 187 Å². The van der Waals surface area contributed by atoms with E-state index in [0.717, 1.165) is 6.07 Å². The molecule has 0 unspecified atom stereocenters. The van der Waals surface area contributed by atoms with Crippen molar-refractivity contribution in [1.82, 2.24) is 20.0 Å². The molecule has 0 aliphatic carbocycles. The number of H-pyrrole nitrogens is 1. The first-order valence-corrected chi connectivity index (χ1v) is 10.1. The van der Waals surface area contributed by atoms with Crippen molar-refractivity contribution in [2.45, 2.75) is 38.3 Å². The Bertz CT molecular complexity index is 1230. The second kappa shape index (κ2) is 8.40. The summed E-state index contributed by atoms with van der Waals surface area (Å²) in [6.45, 7) is -0.119. The summed E-state index contributed by atoms with van der Waals surface area (Å²) in [5.41, 5.74) is -0.978. The van der Waals surface area contributed by atoms with Crippen molar-refractivity contribution in [2.75, 3.05) is 11.4 Å². The molecule has 33 heavy (non-hydrogen) atoms. The molecule has 3 aromatic rings. The minimum atomic E-state index is -4.61. The number of benzene rings is 1. The Morgan fingerprint density at radius 3 is 2.55 bits per heavy atom. The first-order chi connectivity index (χ1) is 15.4. The van der Waals surface area contributed by atoms with E-state index in [2.05, 4.69) is 15.3 Å². The lowest BCUT2D eigenvalue weighted by Gasteiger charge is -2.30. The van der Waals surface area contributed by atoms with Gasteiger partial charge in [0.15, 0.2) is 0 Å². The van der Waals surface area contributed by atoms with Gasteiger partial charge in [-0.2, -0.15) is 36.5 Å². The molecule has 3 heterocycles. The fourth-order valence-electron chi connectivity index (χ4n) is 3.92. The number of halogens is 7. The zero-order valence-corrected chi connectivity index (χ0v) is 17.5. The Morgan fingerprint density at radius 2 is 1.85 bits per heavy atom. The molecule has 0 saturated carbocycles. The summed E-state index contributed by atoms with van der Waals surface area (Å²) >= 11 is 6.04. The first-order valence-electron chi connectivity index (χ1n) is 9.71. The molecular weight excluding hydrogens is 476 g/mol. The summed E-state index contributed by atoms with van der Waals surface area (Å²) in [6, 6.07) is 4.88. The Kier molecular flexibility index (Phi) is 5.89.